The molecule has 0 bridgehead atoms. The van der Waals surface area contributed by atoms with E-state index in [1.165, 1.54) is 11.1 Å². The van der Waals surface area contributed by atoms with Gasteiger partial charge in [-0.1, -0.05) is 59.1 Å². The Labute approximate surface area is 122 Å². The summed E-state index contributed by atoms with van der Waals surface area (Å²) in [6.45, 7) is 4.13. The fourth-order valence-corrected chi connectivity index (χ4v) is 3.70. The van der Waals surface area contributed by atoms with Crippen molar-refractivity contribution in [3.63, 3.8) is 0 Å². The van der Waals surface area contributed by atoms with Gasteiger partial charge >= 0.3 is 0 Å². The van der Waals surface area contributed by atoms with Crippen LogP contribution < -0.4 is 0 Å². The Morgan fingerprint density at radius 3 is 2.26 bits per heavy atom. The average Bonchev–Trinajstić information content (AvgIpc) is 2.30. The quantitative estimate of drug-likeness (QED) is 0.816. The van der Waals surface area contributed by atoms with Gasteiger partial charge in [-0.3, -0.25) is 4.21 Å². The first-order valence-corrected chi connectivity index (χ1v) is 8.07. The molecular weight excluding hydrogens is 276 g/mol. The van der Waals surface area contributed by atoms with Crippen LogP contribution in [0.3, 0.4) is 0 Å². The molecule has 1 atom stereocenters. The van der Waals surface area contributed by atoms with Crippen molar-refractivity contribution < 1.29 is 4.21 Å². The second-order valence-electron chi connectivity index (χ2n) is 4.82. The van der Waals surface area contributed by atoms with Gasteiger partial charge in [-0.25, -0.2) is 0 Å². The Morgan fingerprint density at radius 2 is 1.63 bits per heavy atom. The van der Waals surface area contributed by atoms with E-state index in [0.29, 0.717) is 16.5 Å². The van der Waals surface area contributed by atoms with E-state index in [1.54, 1.807) is 0 Å². The second kappa shape index (κ2) is 6.36. The first-order chi connectivity index (χ1) is 9.04. The van der Waals surface area contributed by atoms with Crippen molar-refractivity contribution in [1.82, 2.24) is 0 Å². The summed E-state index contributed by atoms with van der Waals surface area (Å²) >= 11 is 6.09. The van der Waals surface area contributed by atoms with Gasteiger partial charge in [0, 0.05) is 21.6 Å². The van der Waals surface area contributed by atoms with Crippen molar-refractivity contribution in [2.75, 3.05) is 0 Å². The molecule has 2 aromatic carbocycles. The fourth-order valence-electron chi connectivity index (χ4n) is 2.18. The van der Waals surface area contributed by atoms with Crippen molar-refractivity contribution in [1.29, 1.82) is 0 Å². The molecule has 19 heavy (non-hydrogen) atoms. The average molecular weight is 293 g/mol. The Bertz CT molecular complexity index is 587. The maximum absolute atomic E-state index is 12.2. The molecule has 0 unspecified atom stereocenters. The Morgan fingerprint density at radius 1 is 1.00 bits per heavy atom. The molecule has 0 aliphatic carbocycles. The van der Waals surface area contributed by atoms with Gasteiger partial charge in [0.25, 0.3) is 0 Å². The van der Waals surface area contributed by atoms with Gasteiger partial charge in [-0.2, -0.15) is 0 Å². The second-order valence-corrected chi connectivity index (χ2v) is 6.68. The lowest BCUT2D eigenvalue weighted by Gasteiger charge is -2.07. The standard InChI is InChI=1S/C16H17ClOS/c1-12-7-13(2)9-14(8-12)10-19(18)11-15-5-3-4-6-16(15)17/h3-9H,10-11H2,1-2H3/t19-/m1/s1. The highest BCUT2D eigenvalue weighted by atomic mass is 35.5. The van der Waals surface area contributed by atoms with Crippen LogP contribution in [0.4, 0.5) is 0 Å². The van der Waals surface area contributed by atoms with Crippen LogP contribution in [-0.4, -0.2) is 4.21 Å². The highest BCUT2D eigenvalue weighted by Crippen LogP contribution is 2.18. The summed E-state index contributed by atoms with van der Waals surface area (Å²) in [6.07, 6.45) is 0. The molecule has 100 valence electrons. The molecule has 0 spiro atoms. The summed E-state index contributed by atoms with van der Waals surface area (Å²) in [7, 11) is -0.933. The van der Waals surface area contributed by atoms with Crippen LogP contribution in [0.5, 0.6) is 0 Å². The monoisotopic (exact) mass is 292 g/mol. The molecular formula is C16H17ClOS. The van der Waals surface area contributed by atoms with Gasteiger partial charge < -0.3 is 0 Å². The first kappa shape index (κ1) is 14.3. The summed E-state index contributed by atoms with van der Waals surface area (Å²) in [5.74, 6) is 1.08. The topological polar surface area (TPSA) is 17.1 Å². The molecule has 3 heteroatoms. The number of benzene rings is 2. The van der Waals surface area contributed by atoms with Crippen LogP contribution in [-0.2, 0) is 22.3 Å². The molecule has 0 saturated carbocycles. The predicted octanol–water partition coefficient (Wildman–Crippen LogP) is 4.41. The zero-order valence-electron chi connectivity index (χ0n) is 11.2. The van der Waals surface area contributed by atoms with E-state index < -0.39 is 10.8 Å². The molecule has 1 nitrogen and oxygen atoms in total. The van der Waals surface area contributed by atoms with Crippen molar-refractivity contribution in [2.45, 2.75) is 25.4 Å². The maximum atomic E-state index is 12.2. The smallest absolute Gasteiger partial charge is 0.0503 e. The van der Waals surface area contributed by atoms with E-state index in [2.05, 4.69) is 32.0 Å². The Balaban J connectivity index is 2.07. The van der Waals surface area contributed by atoms with E-state index in [-0.39, 0.29) is 0 Å². The first-order valence-electron chi connectivity index (χ1n) is 6.20. The van der Waals surface area contributed by atoms with Gasteiger partial charge in [-0.05, 0) is 31.0 Å². The minimum absolute atomic E-state index is 0.507. The Kier molecular flexibility index (Phi) is 4.78. The molecule has 2 rings (SSSR count). The number of halogens is 1. The van der Waals surface area contributed by atoms with Crippen LogP contribution >= 0.6 is 11.6 Å². The van der Waals surface area contributed by atoms with Gasteiger partial charge in [0.1, 0.15) is 0 Å². The van der Waals surface area contributed by atoms with Crippen molar-refractivity contribution >= 4 is 22.4 Å². The zero-order valence-corrected chi connectivity index (χ0v) is 12.7. The SMILES string of the molecule is Cc1cc(C)cc(C[S@@](=O)Cc2ccccc2Cl)c1. The molecule has 0 amide bonds. The summed E-state index contributed by atoms with van der Waals surface area (Å²) in [6, 6.07) is 13.9. The highest BCUT2D eigenvalue weighted by Gasteiger charge is 2.07. The van der Waals surface area contributed by atoms with Crippen LogP contribution in [0.1, 0.15) is 22.3 Å². The van der Waals surface area contributed by atoms with E-state index >= 15 is 0 Å². The lowest BCUT2D eigenvalue weighted by molar-refractivity contribution is 0.682. The number of hydrogen-bond donors (Lipinski definition) is 0. The number of rotatable bonds is 4. The summed E-state index contributed by atoms with van der Waals surface area (Å²) < 4.78 is 12.2. The third-order valence-electron chi connectivity index (χ3n) is 2.88. The molecule has 0 aliphatic rings. The summed E-state index contributed by atoms with van der Waals surface area (Å²) in [4.78, 5) is 0. The van der Waals surface area contributed by atoms with Crippen LogP contribution in [0, 0.1) is 13.8 Å². The van der Waals surface area contributed by atoms with Gasteiger partial charge in [-0.15, -0.1) is 0 Å². The van der Waals surface area contributed by atoms with E-state index in [4.69, 9.17) is 11.6 Å². The fraction of sp³-hybridized carbons (Fsp3) is 0.250. The normalized spacial score (nSPS) is 12.4. The molecule has 0 radical (unpaired) electrons. The lowest BCUT2D eigenvalue weighted by atomic mass is 10.1. The number of hydrogen-bond acceptors (Lipinski definition) is 1. The molecule has 0 aromatic heterocycles. The van der Waals surface area contributed by atoms with E-state index in [0.717, 1.165) is 11.1 Å². The molecule has 0 saturated heterocycles. The van der Waals surface area contributed by atoms with Crippen LogP contribution in [0.25, 0.3) is 0 Å². The molecule has 0 fully saturated rings. The third-order valence-corrected chi connectivity index (χ3v) is 4.54. The molecule has 2 aromatic rings. The largest absolute Gasteiger partial charge is 0.259 e. The van der Waals surface area contributed by atoms with E-state index in [1.807, 2.05) is 24.3 Å². The van der Waals surface area contributed by atoms with E-state index in [9.17, 15) is 4.21 Å². The summed E-state index contributed by atoms with van der Waals surface area (Å²) in [5, 5.41) is 0.691. The molecule has 0 N–H and O–H groups in total. The van der Waals surface area contributed by atoms with Crippen LogP contribution in [0.15, 0.2) is 42.5 Å². The zero-order chi connectivity index (χ0) is 13.8. The minimum Gasteiger partial charge on any atom is -0.259 e. The number of aryl methyl sites for hydroxylation is 2. The van der Waals surface area contributed by atoms with Crippen molar-refractivity contribution in [3.05, 3.63) is 69.7 Å². The Hall–Kier alpha value is -1.12. The van der Waals surface area contributed by atoms with Crippen LogP contribution in [0.2, 0.25) is 5.02 Å². The van der Waals surface area contributed by atoms with Gasteiger partial charge in [0.2, 0.25) is 0 Å². The minimum atomic E-state index is -0.933. The van der Waals surface area contributed by atoms with Crippen molar-refractivity contribution in [2.24, 2.45) is 0 Å². The highest BCUT2D eigenvalue weighted by molar-refractivity contribution is 7.83. The molecule has 0 aliphatic heterocycles. The lowest BCUT2D eigenvalue weighted by Crippen LogP contribution is -2.00. The van der Waals surface area contributed by atoms with Gasteiger partial charge in [0.15, 0.2) is 0 Å². The predicted molar refractivity (Wildman–Crippen MR) is 82.9 cm³/mol. The third kappa shape index (κ3) is 4.19. The molecule has 0 heterocycles. The van der Waals surface area contributed by atoms with Crippen molar-refractivity contribution in [3.8, 4) is 0 Å². The van der Waals surface area contributed by atoms with Gasteiger partial charge in [0.05, 0.1) is 5.75 Å². The maximum Gasteiger partial charge on any atom is 0.0503 e. The summed E-state index contributed by atoms with van der Waals surface area (Å²) in [5.41, 5.74) is 4.50.